The molecule has 0 radical (unpaired) electrons. The molecule has 3 aromatic carbocycles. The van der Waals surface area contributed by atoms with Gasteiger partial charge in [0.15, 0.2) is 0 Å². The Morgan fingerprint density at radius 3 is 2.33 bits per heavy atom. The molecular weight excluding hydrogens is 471 g/mol. The Kier molecular flexibility index (Phi) is 7.43. The predicted molar refractivity (Wildman–Crippen MR) is 129 cm³/mol. The van der Waals surface area contributed by atoms with Crippen LogP contribution in [-0.2, 0) is 23.9 Å². The van der Waals surface area contributed by atoms with E-state index in [4.69, 9.17) is 14.2 Å². The third-order valence-corrected chi connectivity index (χ3v) is 5.96. The summed E-state index contributed by atoms with van der Waals surface area (Å²) < 4.78 is 56.8. The molecule has 0 saturated carbocycles. The molecule has 1 aliphatic rings. The molecule has 5 nitrogen and oxygen atoms in total. The zero-order chi connectivity index (χ0) is 25.9. The van der Waals surface area contributed by atoms with Gasteiger partial charge in [0.2, 0.25) is 5.91 Å². The molecule has 4 rings (SSSR count). The Labute approximate surface area is 208 Å². The minimum Gasteiger partial charge on any atom is -0.497 e. The summed E-state index contributed by atoms with van der Waals surface area (Å²) in [6.07, 6.45) is -4.35. The van der Waals surface area contributed by atoms with Crippen molar-refractivity contribution in [3.63, 3.8) is 0 Å². The molecule has 0 aromatic heterocycles. The lowest BCUT2D eigenvalue weighted by molar-refractivity contribution is -0.137. The normalized spacial score (nSPS) is 15.6. The van der Waals surface area contributed by atoms with E-state index in [0.29, 0.717) is 22.8 Å². The highest BCUT2D eigenvalue weighted by Gasteiger charge is 2.35. The van der Waals surface area contributed by atoms with E-state index in [2.05, 4.69) is 0 Å². The summed E-state index contributed by atoms with van der Waals surface area (Å²) in [5.74, 6) is 1.75. The van der Waals surface area contributed by atoms with Gasteiger partial charge in [0.05, 0.1) is 31.2 Å². The Bertz CT molecular complexity index is 1210. The maximum absolute atomic E-state index is 13.3. The van der Waals surface area contributed by atoms with Gasteiger partial charge < -0.3 is 19.1 Å². The number of halogens is 3. The molecule has 0 bridgehead atoms. The molecule has 1 heterocycles. The molecule has 0 spiro atoms. The van der Waals surface area contributed by atoms with Crippen LogP contribution >= 0.6 is 0 Å². The molecule has 1 atom stereocenters. The number of carbonyl (C=O) groups is 1. The zero-order valence-electron chi connectivity index (χ0n) is 20.3. The van der Waals surface area contributed by atoms with Crippen molar-refractivity contribution < 1.29 is 32.2 Å². The van der Waals surface area contributed by atoms with E-state index in [-0.39, 0.29) is 31.6 Å². The van der Waals surface area contributed by atoms with Crippen molar-refractivity contribution in [1.82, 2.24) is 4.90 Å². The van der Waals surface area contributed by atoms with Crippen molar-refractivity contribution in [2.75, 3.05) is 13.7 Å². The van der Waals surface area contributed by atoms with Gasteiger partial charge in [-0.05, 0) is 79.1 Å². The maximum Gasteiger partial charge on any atom is 0.416 e. The SMILES string of the molecule is COc1ccc(OCC2c3ccc(OC(C)C)cc3CC(=O)N2Cc2cccc(C(F)(F)F)c2)cc1. The molecular formula is C28H28F3NO4. The Hall–Kier alpha value is -3.68. The van der Waals surface area contributed by atoms with Crippen LogP contribution < -0.4 is 14.2 Å². The number of nitrogens with zero attached hydrogens (tertiary/aromatic N) is 1. The second-order valence-corrected chi connectivity index (χ2v) is 8.93. The molecule has 3 aromatic rings. The third kappa shape index (κ3) is 5.93. The highest BCUT2D eigenvalue weighted by Crippen LogP contribution is 2.36. The van der Waals surface area contributed by atoms with Crippen LogP contribution in [-0.4, -0.2) is 30.6 Å². The predicted octanol–water partition coefficient (Wildman–Crippen LogP) is 6.21. The molecule has 1 amide bonds. The fourth-order valence-electron chi connectivity index (χ4n) is 4.28. The van der Waals surface area contributed by atoms with Crippen molar-refractivity contribution in [3.8, 4) is 17.2 Å². The highest BCUT2D eigenvalue weighted by molar-refractivity contribution is 5.82. The van der Waals surface area contributed by atoms with Crippen molar-refractivity contribution >= 4 is 5.91 Å². The number of amides is 1. The molecule has 8 heteroatoms. The van der Waals surface area contributed by atoms with E-state index < -0.39 is 17.8 Å². The van der Waals surface area contributed by atoms with Crippen LogP contribution in [0.15, 0.2) is 66.7 Å². The van der Waals surface area contributed by atoms with Crippen LogP contribution in [0.4, 0.5) is 13.2 Å². The van der Waals surface area contributed by atoms with Crippen molar-refractivity contribution in [3.05, 3.63) is 89.0 Å². The summed E-state index contributed by atoms with van der Waals surface area (Å²) in [6, 6.07) is 17.2. The number of rotatable bonds is 8. The second-order valence-electron chi connectivity index (χ2n) is 8.93. The Morgan fingerprint density at radius 1 is 0.972 bits per heavy atom. The second kappa shape index (κ2) is 10.5. The zero-order valence-corrected chi connectivity index (χ0v) is 20.3. The van der Waals surface area contributed by atoms with E-state index in [1.165, 1.54) is 6.07 Å². The lowest BCUT2D eigenvalue weighted by atomic mass is 9.91. The quantitative estimate of drug-likeness (QED) is 0.370. The van der Waals surface area contributed by atoms with Gasteiger partial charge in [-0.15, -0.1) is 0 Å². The van der Waals surface area contributed by atoms with Gasteiger partial charge in [-0.2, -0.15) is 13.2 Å². The molecule has 0 fully saturated rings. The summed E-state index contributed by atoms with van der Waals surface area (Å²) >= 11 is 0. The largest absolute Gasteiger partial charge is 0.497 e. The summed E-state index contributed by atoms with van der Waals surface area (Å²) in [6.45, 7) is 4.01. The van der Waals surface area contributed by atoms with Crippen LogP contribution in [0, 0.1) is 0 Å². The number of methoxy groups -OCH3 is 1. The smallest absolute Gasteiger partial charge is 0.416 e. The number of alkyl halides is 3. The number of ether oxygens (including phenoxy) is 3. The number of hydrogen-bond acceptors (Lipinski definition) is 4. The van der Waals surface area contributed by atoms with E-state index in [1.807, 2.05) is 32.0 Å². The van der Waals surface area contributed by atoms with E-state index in [9.17, 15) is 18.0 Å². The highest BCUT2D eigenvalue weighted by atomic mass is 19.4. The maximum atomic E-state index is 13.3. The summed E-state index contributed by atoms with van der Waals surface area (Å²) in [4.78, 5) is 14.9. The van der Waals surface area contributed by atoms with Crippen LogP contribution in [0.2, 0.25) is 0 Å². The summed E-state index contributed by atoms with van der Waals surface area (Å²) in [5, 5.41) is 0. The Balaban J connectivity index is 1.64. The van der Waals surface area contributed by atoms with Crippen LogP contribution in [0.1, 0.15) is 42.1 Å². The molecule has 0 aliphatic carbocycles. The minimum atomic E-state index is -4.46. The van der Waals surface area contributed by atoms with Gasteiger partial charge >= 0.3 is 6.18 Å². The van der Waals surface area contributed by atoms with Gasteiger partial charge in [0.25, 0.3) is 0 Å². The number of fused-ring (bicyclic) bond motifs is 1. The fraction of sp³-hybridized carbons (Fsp3) is 0.321. The minimum absolute atomic E-state index is 0.0195. The van der Waals surface area contributed by atoms with Crippen LogP contribution in [0.25, 0.3) is 0 Å². The molecule has 0 saturated heterocycles. The Morgan fingerprint density at radius 2 is 1.67 bits per heavy atom. The number of benzene rings is 3. The van der Waals surface area contributed by atoms with Gasteiger partial charge in [-0.1, -0.05) is 18.2 Å². The monoisotopic (exact) mass is 499 g/mol. The van der Waals surface area contributed by atoms with Crippen LogP contribution in [0.3, 0.4) is 0 Å². The molecule has 190 valence electrons. The van der Waals surface area contributed by atoms with Crippen molar-refractivity contribution in [1.29, 1.82) is 0 Å². The van der Waals surface area contributed by atoms with Crippen molar-refractivity contribution in [2.45, 2.75) is 45.1 Å². The molecule has 1 unspecified atom stereocenters. The number of carbonyl (C=O) groups excluding carboxylic acids is 1. The first-order valence-electron chi connectivity index (χ1n) is 11.7. The van der Waals surface area contributed by atoms with E-state index in [0.717, 1.165) is 23.3 Å². The van der Waals surface area contributed by atoms with E-state index in [1.54, 1.807) is 42.3 Å². The van der Waals surface area contributed by atoms with Gasteiger partial charge in [0.1, 0.15) is 23.9 Å². The lowest BCUT2D eigenvalue weighted by Gasteiger charge is -2.37. The standard InChI is InChI=1S/C28H28F3NO4/c1-18(2)36-24-11-12-25-20(14-24)15-27(33)32(16-19-5-4-6-21(13-19)28(29,30)31)26(25)17-35-23-9-7-22(34-3)8-10-23/h4-14,18,26H,15-17H2,1-3H3. The van der Waals surface area contributed by atoms with Crippen LogP contribution in [0.5, 0.6) is 17.2 Å². The molecule has 36 heavy (non-hydrogen) atoms. The fourth-order valence-corrected chi connectivity index (χ4v) is 4.28. The average Bonchev–Trinajstić information content (AvgIpc) is 2.83. The van der Waals surface area contributed by atoms with Gasteiger partial charge in [0, 0.05) is 6.54 Å². The first-order valence-corrected chi connectivity index (χ1v) is 11.7. The van der Waals surface area contributed by atoms with E-state index >= 15 is 0 Å². The van der Waals surface area contributed by atoms with Crippen molar-refractivity contribution in [2.24, 2.45) is 0 Å². The average molecular weight is 500 g/mol. The van der Waals surface area contributed by atoms with Gasteiger partial charge in [-0.3, -0.25) is 4.79 Å². The van der Waals surface area contributed by atoms with Gasteiger partial charge in [-0.25, -0.2) is 0 Å². The first kappa shape index (κ1) is 25.4. The summed E-state index contributed by atoms with van der Waals surface area (Å²) in [7, 11) is 1.57. The summed E-state index contributed by atoms with van der Waals surface area (Å²) in [5.41, 5.74) is 1.36. The lowest BCUT2D eigenvalue weighted by Crippen LogP contribution is -2.42. The molecule has 1 aliphatic heterocycles. The third-order valence-electron chi connectivity index (χ3n) is 5.96. The number of hydrogen-bond donors (Lipinski definition) is 0. The first-order chi connectivity index (χ1) is 17.1. The molecule has 0 N–H and O–H groups in total. The topological polar surface area (TPSA) is 48.0 Å².